The largest absolute Gasteiger partial charge is 0.330 e. The van der Waals surface area contributed by atoms with Crippen LogP contribution >= 0.6 is 0 Å². The molecule has 0 saturated heterocycles. The summed E-state index contributed by atoms with van der Waals surface area (Å²) in [5.41, 5.74) is 9.58. The second-order valence-corrected chi connectivity index (χ2v) is 3.56. The predicted octanol–water partition coefficient (Wildman–Crippen LogP) is 0.961. The standard InChI is InChI=1S/C9H15N3/c1-6(5-10)9-7-3-2-4-8(7)11-12-9/h6H,2-5,10H2,1H3,(H,11,12). The minimum Gasteiger partial charge on any atom is -0.330 e. The summed E-state index contributed by atoms with van der Waals surface area (Å²) in [4.78, 5) is 0. The number of hydrogen-bond donors (Lipinski definition) is 2. The molecule has 0 saturated carbocycles. The van der Waals surface area contributed by atoms with Crippen LogP contribution in [-0.2, 0) is 12.8 Å². The van der Waals surface area contributed by atoms with Gasteiger partial charge in [0.2, 0.25) is 0 Å². The van der Waals surface area contributed by atoms with Crippen molar-refractivity contribution in [2.45, 2.75) is 32.1 Å². The van der Waals surface area contributed by atoms with Gasteiger partial charge in [-0.15, -0.1) is 0 Å². The number of nitrogens with one attached hydrogen (secondary N) is 1. The zero-order valence-corrected chi connectivity index (χ0v) is 7.43. The maximum atomic E-state index is 5.60. The quantitative estimate of drug-likeness (QED) is 0.685. The Morgan fingerprint density at radius 2 is 2.42 bits per heavy atom. The van der Waals surface area contributed by atoms with Gasteiger partial charge in [0.05, 0.1) is 5.69 Å². The van der Waals surface area contributed by atoms with Gasteiger partial charge < -0.3 is 5.73 Å². The Balaban J connectivity index is 2.33. The van der Waals surface area contributed by atoms with Gasteiger partial charge in [0.1, 0.15) is 0 Å². The van der Waals surface area contributed by atoms with E-state index in [1.54, 1.807) is 0 Å². The summed E-state index contributed by atoms with van der Waals surface area (Å²) >= 11 is 0. The van der Waals surface area contributed by atoms with E-state index in [0.717, 1.165) is 0 Å². The molecule has 0 radical (unpaired) electrons. The fourth-order valence-corrected chi connectivity index (χ4v) is 1.86. The van der Waals surface area contributed by atoms with Gasteiger partial charge in [-0.25, -0.2) is 0 Å². The molecule has 2 rings (SSSR count). The first-order valence-electron chi connectivity index (χ1n) is 4.59. The molecule has 0 amide bonds. The Labute approximate surface area is 72.4 Å². The first kappa shape index (κ1) is 7.80. The Kier molecular flexibility index (Phi) is 1.89. The van der Waals surface area contributed by atoms with E-state index in [2.05, 4.69) is 17.1 Å². The molecular weight excluding hydrogens is 150 g/mol. The molecule has 0 fully saturated rings. The second kappa shape index (κ2) is 2.90. The molecule has 1 unspecified atom stereocenters. The van der Waals surface area contributed by atoms with Gasteiger partial charge in [0.25, 0.3) is 0 Å². The summed E-state index contributed by atoms with van der Waals surface area (Å²) in [5, 5.41) is 7.40. The monoisotopic (exact) mass is 165 g/mol. The summed E-state index contributed by atoms with van der Waals surface area (Å²) in [6, 6.07) is 0. The second-order valence-electron chi connectivity index (χ2n) is 3.56. The normalized spacial score (nSPS) is 17.8. The van der Waals surface area contributed by atoms with Crippen molar-refractivity contribution in [2.75, 3.05) is 6.54 Å². The molecule has 1 aromatic heterocycles. The molecule has 1 aliphatic carbocycles. The molecule has 0 spiro atoms. The topological polar surface area (TPSA) is 54.7 Å². The number of nitrogens with two attached hydrogens (primary N) is 1. The number of H-pyrrole nitrogens is 1. The molecule has 3 heteroatoms. The van der Waals surface area contributed by atoms with Crippen molar-refractivity contribution >= 4 is 0 Å². The zero-order chi connectivity index (χ0) is 8.55. The molecule has 0 aromatic carbocycles. The van der Waals surface area contributed by atoms with E-state index in [-0.39, 0.29) is 0 Å². The van der Waals surface area contributed by atoms with E-state index in [0.29, 0.717) is 12.5 Å². The van der Waals surface area contributed by atoms with Crippen molar-refractivity contribution in [3.05, 3.63) is 17.0 Å². The van der Waals surface area contributed by atoms with Gasteiger partial charge in [-0.05, 0) is 24.8 Å². The van der Waals surface area contributed by atoms with Crippen molar-refractivity contribution in [3.8, 4) is 0 Å². The highest BCUT2D eigenvalue weighted by molar-refractivity contribution is 5.31. The number of aromatic amines is 1. The van der Waals surface area contributed by atoms with Crippen LogP contribution in [0, 0.1) is 0 Å². The molecule has 1 heterocycles. The number of rotatable bonds is 2. The maximum Gasteiger partial charge on any atom is 0.0697 e. The summed E-state index contributed by atoms with van der Waals surface area (Å²) in [5.74, 6) is 0.406. The first-order valence-corrected chi connectivity index (χ1v) is 4.59. The van der Waals surface area contributed by atoms with Crippen molar-refractivity contribution in [3.63, 3.8) is 0 Å². The molecule has 0 aliphatic heterocycles. The van der Waals surface area contributed by atoms with E-state index in [1.807, 2.05) is 0 Å². The molecule has 1 aliphatic rings. The van der Waals surface area contributed by atoms with Crippen LogP contribution in [0.15, 0.2) is 0 Å². The average molecular weight is 165 g/mol. The fourth-order valence-electron chi connectivity index (χ4n) is 1.86. The van der Waals surface area contributed by atoms with Crippen LogP contribution in [0.3, 0.4) is 0 Å². The number of hydrogen-bond acceptors (Lipinski definition) is 2. The summed E-state index contributed by atoms with van der Waals surface area (Å²) in [6.45, 7) is 2.83. The van der Waals surface area contributed by atoms with E-state index < -0.39 is 0 Å². The third kappa shape index (κ3) is 1.05. The summed E-state index contributed by atoms with van der Waals surface area (Å²) < 4.78 is 0. The van der Waals surface area contributed by atoms with Gasteiger partial charge in [0.15, 0.2) is 0 Å². The molecule has 12 heavy (non-hydrogen) atoms. The van der Waals surface area contributed by atoms with Gasteiger partial charge in [0, 0.05) is 18.2 Å². The van der Waals surface area contributed by atoms with Crippen molar-refractivity contribution < 1.29 is 0 Å². The van der Waals surface area contributed by atoms with E-state index in [1.165, 1.54) is 36.2 Å². The fraction of sp³-hybridized carbons (Fsp3) is 0.667. The Bertz CT molecular complexity index is 277. The zero-order valence-electron chi connectivity index (χ0n) is 7.43. The molecular formula is C9H15N3. The lowest BCUT2D eigenvalue weighted by Crippen LogP contribution is -2.10. The van der Waals surface area contributed by atoms with Gasteiger partial charge in [-0.3, -0.25) is 5.10 Å². The van der Waals surface area contributed by atoms with Gasteiger partial charge >= 0.3 is 0 Å². The molecule has 1 aromatic rings. The van der Waals surface area contributed by atoms with Crippen LogP contribution in [0.4, 0.5) is 0 Å². The highest BCUT2D eigenvalue weighted by atomic mass is 15.1. The molecule has 3 N–H and O–H groups in total. The number of fused-ring (bicyclic) bond motifs is 1. The van der Waals surface area contributed by atoms with Crippen molar-refractivity contribution in [2.24, 2.45) is 5.73 Å². The number of nitrogens with zero attached hydrogens (tertiary/aromatic N) is 1. The molecule has 3 nitrogen and oxygen atoms in total. The number of aromatic nitrogens is 2. The van der Waals surface area contributed by atoms with Crippen LogP contribution in [0.25, 0.3) is 0 Å². The molecule has 66 valence electrons. The molecule has 1 atom stereocenters. The Morgan fingerprint density at radius 3 is 3.17 bits per heavy atom. The van der Waals surface area contributed by atoms with Crippen LogP contribution in [0.5, 0.6) is 0 Å². The van der Waals surface area contributed by atoms with Crippen molar-refractivity contribution in [1.82, 2.24) is 10.2 Å². The minimum atomic E-state index is 0.406. The van der Waals surface area contributed by atoms with E-state index >= 15 is 0 Å². The Hall–Kier alpha value is -0.830. The van der Waals surface area contributed by atoms with Crippen LogP contribution in [-0.4, -0.2) is 16.7 Å². The first-order chi connectivity index (χ1) is 5.83. The van der Waals surface area contributed by atoms with Gasteiger partial charge in [-0.1, -0.05) is 6.92 Å². The maximum absolute atomic E-state index is 5.60. The van der Waals surface area contributed by atoms with Crippen molar-refractivity contribution in [1.29, 1.82) is 0 Å². The smallest absolute Gasteiger partial charge is 0.0697 e. The lowest BCUT2D eigenvalue weighted by Gasteiger charge is -2.05. The highest BCUT2D eigenvalue weighted by Crippen LogP contribution is 2.26. The summed E-state index contributed by atoms with van der Waals surface area (Å²) in [6.07, 6.45) is 3.62. The SMILES string of the molecule is CC(CN)c1n[nH]c2c1CCC2. The minimum absolute atomic E-state index is 0.406. The lowest BCUT2D eigenvalue weighted by molar-refractivity contribution is 0.720. The van der Waals surface area contributed by atoms with E-state index in [4.69, 9.17) is 5.73 Å². The lowest BCUT2D eigenvalue weighted by atomic mass is 10.0. The van der Waals surface area contributed by atoms with Crippen LogP contribution < -0.4 is 5.73 Å². The third-order valence-corrected chi connectivity index (χ3v) is 2.66. The Morgan fingerprint density at radius 1 is 1.58 bits per heavy atom. The van der Waals surface area contributed by atoms with Crippen LogP contribution in [0.1, 0.15) is 36.2 Å². The predicted molar refractivity (Wildman–Crippen MR) is 48.1 cm³/mol. The van der Waals surface area contributed by atoms with Crippen LogP contribution in [0.2, 0.25) is 0 Å². The number of aryl methyl sites for hydroxylation is 1. The highest BCUT2D eigenvalue weighted by Gasteiger charge is 2.20. The molecule has 0 bridgehead atoms. The van der Waals surface area contributed by atoms with Gasteiger partial charge in [-0.2, -0.15) is 5.10 Å². The summed E-state index contributed by atoms with van der Waals surface area (Å²) in [7, 11) is 0. The third-order valence-electron chi connectivity index (χ3n) is 2.66. The van der Waals surface area contributed by atoms with E-state index in [9.17, 15) is 0 Å². The average Bonchev–Trinajstić information content (AvgIpc) is 2.62.